The van der Waals surface area contributed by atoms with Crippen LogP contribution in [-0.2, 0) is 15.0 Å². The summed E-state index contributed by atoms with van der Waals surface area (Å²) in [5.74, 6) is -2.22. The molecule has 6 rings (SSSR count). The minimum atomic E-state index is -1.41. The SMILES string of the molecule is CC(=O)[C@@H]1[C@H](C(=O)c2cccc([N+](=O)[O-])c2)[C@]2(C(=O)Nc3ccccc32)[C@@H]2C=Cc3cc(C)ccc3N12. The molecule has 1 amide bonds. The van der Waals surface area contributed by atoms with Crippen molar-refractivity contribution in [3.63, 3.8) is 0 Å². The lowest BCUT2D eigenvalue weighted by Crippen LogP contribution is -2.51. The minimum absolute atomic E-state index is 0.0926. The number of carbonyl (C=O) groups is 3. The van der Waals surface area contributed by atoms with E-state index in [1.807, 2.05) is 54.3 Å². The second-order valence-corrected chi connectivity index (χ2v) is 9.85. The maximum absolute atomic E-state index is 14.4. The van der Waals surface area contributed by atoms with E-state index in [-0.39, 0.29) is 22.9 Å². The molecule has 3 heterocycles. The molecule has 0 aliphatic carbocycles. The van der Waals surface area contributed by atoms with Gasteiger partial charge in [0, 0.05) is 29.1 Å². The molecule has 3 aromatic carbocycles. The summed E-state index contributed by atoms with van der Waals surface area (Å²) in [6.45, 7) is 3.41. The van der Waals surface area contributed by atoms with Gasteiger partial charge < -0.3 is 10.2 Å². The van der Waals surface area contributed by atoms with E-state index in [1.165, 1.54) is 31.2 Å². The highest BCUT2D eigenvalue weighted by Gasteiger charge is 2.69. The number of amides is 1. The second kappa shape index (κ2) is 7.96. The first-order chi connectivity index (χ1) is 17.7. The van der Waals surface area contributed by atoms with Crippen LogP contribution in [0.25, 0.3) is 6.08 Å². The molecule has 8 nitrogen and oxygen atoms in total. The van der Waals surface area contributed by atoms with E-state index in [4.69, 9.17) is 0 Å². The Balaban J connectivity index is 1.64. The van der Waals surface area contributed by atoms with E-state index in [1.54, 1.807) is 12.1 Å². The summed E-state index contributed by atoms with van der Waals surface area (Å²) < 4.78 is 0. The van der Waals surface area contributed by atoms with Gasteiger partial charge in [-0.25, -0.2) is 0 Å². The number of hydrogen-bond donors (Lipinski definition) is 1. The number of rotatable bonds is 4. The Labute approximate surface area is 212 Å². The molecule has 1 N–H and O–H groups in total. The van der Waals surface area contributed by atoms with Crippen molar-refractivity contribution in [3.05, 3.63) is 105 Å². The highest BCUT2D eigenvalue weighted by atomic mass is 16.6. The van der Waals surface area contributed by atoms with Gasteiger partial charge in [0.05, 0.1) is 22.9 Å². The van der Waals surface area contributed by atoms with Gasteiger partial charge in [0.15, 0.2) is 11.6 Å². The average Bonchev–Trinajstić information content (AvgIpc) is 3.36. The Bertz CT molecular complexity index is 1560. The number of carbonyl (C=O) groups excluding carboxylic acids is 3. The van der Waals surface area contributed by atoms with E-state index in [0.717, 1.165) is 16.8 Å². The summed E-state index contributed by atoms with van der Waals surface area (Å²) in [6, 6.07) is 17.0. The Morgan fingerprint density at radius 1 is 1.05 bits per heavy atom. The van der Waals surface area contributed by atoms with Gasteiger partial charge in [-0.1, -0.05) is 54.1 Å². The fourth-order valence-corrected chi connectivity index (χ4v) is 6.40. The van der Waals surface area contributed by atoms with Crippen molar-refractivity contribution in [1.82, 2.24) is 0 Å². The van der Waals surface area contributed by atoms with Crippen LogP contribution in [0.3, 0.4) is 0 Å². The van der Waals surface area contributed by atoms with Crippen LogP contribution in [0.4, 0.5) is 17.1 Å². The van der Waals surface area contributed by atoms with Gasteiger partial charge in [0.25, 0.3) is 5.69 Å². The van der Waals surface area contributed by atoms with Crippen molar-refractivity contribution < 1.29 is 19.3 Å². The standard InChI is InChI=1S/C29H23N3O5/c1-16-10-12-23-18(14-16)11-13-24-29(21-8-3-4-9-22(21)30-28(29)35)25(26(17(2)33)31(23)24)27(34)19-6-5-7-20(15-19)32(36)37/h3-15,24-26H,1-2H3,(H,30,35)/t24-,25+,26+,29+/m0/s1. The molecule has 1 saturated heterocycles. The van der Waals surface area contributed by atoms with E-state index >= 15 is 0 Å². The lowest BCUT2D eigenvalue weighted by Gasteiger charge is -2.37. The predicted molar refractivity (Wildman–Crippen MR) is 139 cm³/mol. The van der Waals surface area contributed by atoms with Crippen LogP contribution in [-0.4, -0.2) is 34.5 Å². The molecule has 184 valence electrons. The lowest BCUT2D eigenvalue weighted by molar-refractivity contribution is -0.384. The molecule has 0 radical (unpaired) electrons. The average molecular weight is 494 g/mol. The molecule has 0 bridgehead atoms. The van der Waals surface area contributed by atoms with Gasteiger partial charge in [-0.3, -0.25) is 24.5 Å². The quantitative estimate of drug-likeness (QED) is 0.326. The molecule has 1 spiro atoms. The number of nitro benzene ring substituents is 1. The van der Waals surface area contributed by atoms with Crippen LogP contribution >= 0.6 is 0 Å². The van der Waals surface area contributed by atoms with Crippen LogP contribution in [0, 0.1) is 23.0 Å². The smallest absolute Gasteiger partial charge is 0.270 e. The van der Waals surface area contributed by atoms with Crippen molar-refractivity contribution in [2.75, 3.05) is 10.2 Å². The van der Waals surface area contributed by atoms with Crippen LogP contribution in [0.15, 0.2) is 72.8 Å². The molecular formula is C29H23N3O5. The number of non-ortho nitro benzene ring substituents is 1. The first-order valence-electron chi connectivity index (χ1n) is 12.0. The number of aryl methyl sites for hydroxylation is 1. The summed E-state index contributed by atoms with van der Waals surface area (Å²) in [7, 11) is 0. The number of Topliss-reactive ketones (excluding diaryl/α,β-unsaturated/α-hetero) is 2. The van der Waals surface area contributed by atoms with Crippen molar-refractivity contribution >= 4 is 40.6 Å². The number of para-hydroxylation sites is 1. The van der Waals surface area contributed by atoms with Gasteiger partial charge in [-0.2, -0.15) is 0 Å². The fraction of sp³-hybridized carbons (Fsp3) is 0.207. The second-order valence-electron chi connectivity index (χ2n) is 9.85. The minimum Gasteiger partial charge on any atom is -0.352 e. The molecule has 8 heteroatoms. The zero-order valence-corrected chi connectivity index (χ0v) is 20.2. The number of nitrogens with one attached hydrogen (secondary N) is 1. The summed E-state index contributed by atoms with van der Waals surface area (Å²) in [5, 5.41) is 14.4. The number of anilines is 2. The van der Waals surface area contributed by atoms with Crippen LogP contribution < -0.4 is 10.2 Å². The van der Waals surface area contributed by atoms with E-state index in [0.29, 0.717) is 11.3 Å². The lowest BCUT2D eigenvalue weighted by atomic mass is 9.64. The fourth-order valence-electron chi connectivity index (χ4n) is 6.40. The number of nitro groups is 1. The molecule has 1 fully saturated rings. The molecule has 3 aliphatic rings. The number of nitrogens with zero attached hydrogens (tertiary/aromatic N) is 2. The van der Waals surface area contributed by atoms with Gasteiger partial charge in [0.2, 0.25) is 5.91 Å². The zero-order valence-electron chi connectivity index (χ0n) is 20.2. The third kappa shape index (κ3) is 3.05. The van der Waals surface area contributed by atoms with E-state index in [9.17, 15) is 24.5 Å². The van der Waals surface area contributed by atoms with Crippen molar-refractivity contribution in [1.29, 1.82) is 0 Å². The highest BCUT2D eigenvalue weighted by molar-refractivity contribution is 6.16. The third-order valence-corrected chi connectivity index (χ3v) is 7.83. The summed E-state index contributed by atoms with van der Waals surface area (Å²) >= 11 is 0. The predicted octanol–water partition coefficient (Wildman–Crippen LogP) is 4.47. The van der Waals surface area contributed by atoms with Crippen molar-refractivity contribution in [2.45, 2.75) is 31.3 Å². The largest absolute Gasteiger partial charge is 0.352 e. The molecule has 0 unspecified atom stereocenters. The summed E-state index contributed by atoms with van der Waals surface area (Å²) in [6.07, 6.45) is 3.84. The number of fused-ring (bicyclic) bond motifs is 6. The Morgan fingerprint density at radius 2 is 1.84 bits per heavy atom. The number of benzene rings is 3. The van der Waals surface area contributed by atoms with Gasteiger partial charge in [0.1, 0.15) is 5.41 Å². The molecule has 0 aromatic heterocycles. The van der Waals surface area contributed by atoms with Gasteiger partial charge >= 0.3 is 0 Å². The maximum Gasteiger partial charge on any atom is 0.270 e. The zero-order chi connectivity index (χ0) is 26.1. The normalized spacial score (nSPS) is 24.9. The summed E-state index contributed by atoms with van der Waals surface area (Å²) in [5.41, 5.74) is 2.40. The van der Waals surface area contributed by atoms with Gasteiger partial charge in [-0.15, -0.1) is 0 Å². The molecule has 4 atom stereocenters. The van der Waals surface area contributed by atoms with Crippen molar-refractivity contribution in [3.8, 4) is 0 Å². The molecule has 3 aromatic rings. The Morgan fingerprint density at radius 3 is 2.59 bits per heavy atom. The van der Waals surface area contributed by atoms with Crippen molar-refractivity contribution in [2.24, 2.45) is 5.92 Å². The first-order valence-corrected chi connectivity index (χ1v) is 12.0. The third-order valence-electron chi connectivity index (χ3n) is 7.83. The Kier molecular flexibility index (Phi) is 4.91. The van der Waals surface area contributed by atoms with Crippen LogP contribution in [0.5, 0.6) is 0 Å². The number of ketones is 2. The van der Waals surface area contributed by atoms with E-state index in [2.05, 4.69) is 5.32 Å². The van der Waals surface area contributed by atoms with Crippen LogP contribution in [0.2, 0.25) is 0 Å². The first kappa shape index (κ1) is 22.8. The van der Waals surface area contributed by atoms with Crippen LogP contribution in [0.1, 0.15) is 34.0 Å². The molecule has 0 saturated carbocycles. The molecule has 3 aliphatic heterocycles. The topological polar surface area (TPSA) is 110 Å². The Hall–Kier alpha value is -4.59. The monoisotopic (exact) mass is 493 g/mol. The molecular weight excluding hydrogens is 470 g/mol. The van der Waals surface area contributed by atoms with E-state index < -0.39 is 34.1 Å². The van der Waals surface area contributed by atoms with Gasteiger partial charge in [-0.05, 0) is 43.2 Å². The highest BCUT2D eigenvalue weighted by Crippen LogP contribution is 2.57. The number of hydrogen-bond acceptors (Lipinski definition) is 6. The summed E-state index contributed by atoms with van der Waals surface area (Å²) in [4.78, 5) is 54.6. The molecule has 37 heavy (non-hydrogen) atoms. The maximum atomic E-state index is 14.4.